The highest BCUT2D eigenvalue weighted by Gasteiger charge is 2.43. The van der Waals surface area contributed by atoms with Gasteiger partial charge in [-0.2, -0.15) is 0 Å². The van der Waals surface area contributed by atoms with Crippen LogP contribution in [-0.4, -0.2) is 53.8 Å². The highest BCUT2D eigenvalue weighted by molar-refractivity contribution is 5.85. The van der Waals surface area contributed by atoms with Crippen LogP contribution in [0.15, 0.2) is 30.3 Å². The first-order valence-electron chi connectivity index (χ1n) is 10.4. The van der Waals surface area contributed by atoms with Crippen LogP contribution >= 0.6 is 12.4 Å². The van der Waals surface area contributed by atoms with Gasteiger partial charge in [-0.3, -0.25) is 9.59 Å². The number of nitrogens with two attached hydrogens (primary N) is 1. The van der Waals surface area contributed by atoms with Crippen LogP contribution in [0.1, 0.15) is 44.1 Å². The van der Waals surface area contributed by atoms with E-state index in [1.54, 1.807) is 0 Å². The minimum Gasteiger partial charge on any atom is -0.342 e. The third-order valence-corrected chi connectivity index (χ3v) is 6.68. The molecule has 3 aliphatic rings. The van der Waals surface area contributed by atoms with Gasteiger partial charge in [0, 0.05) is 32.6 Å². The fourth-order valence-corrected chi connectivity index (χ4v) is 4.68. The topological polar surface area (TPSA) is 66.6 Å². The van der Waals surface area contributed by atoms with E-state index < -0.39 is 6.04 Å². The number of hydrogen-bond donors (Lipinski definition) is 1. The second-order valence-corrected chi connectivity index (χ2v) is 8.84. The van der Waals surface area contributed by atoms with Crippen LogP contribution in [0.2, 0.25) is 0 Å². The van der Waals surface area contributed by atoms with Crippen molar-refractivity contribution < 1.29 is 9.59 Å². The molecule has 4 rings (SSSR count). The number of nitrogens with zero attached hydrogens (tertiary/aromatic N) is 2. The van der Waals surface area contributed by atoms with Crippen molar-refractivity contribution in [3.05, 3.63) is 35.9 Å². The number of piperidine rings is 2. The average molecular weight is 406 g/mol. The van der Waals surface area contributed by atoms with Gasteiger partial charge in [-0.25, -0.2) is 0 Å². The summed E-state index contributed by atoms with van der Waals surface area (Å²) in [4.78, 5) is 29.1. The summed E-state index contributed by atoms with van der Waals surface area (Å²) in [5.74, 6) is 1.13. The molecule has 0 radical (unpaired) electrons. The molecule has 1 saturated carbocycles. The van der Waals surface area contributed by atoms with Gasteiger partial charge < -0.3 is 15.5 Å². The first-order valence-corrected chi connectivity index (χ1v) is 10.4. The van der Waals surface area contributed by atoms with E-state index in [1.807, 2.05) is 35.2 Å². The molecule has 6 heteroatoms. The fraction of sp³-hybridized carbons (Fsp3) is 0.636. The zero-order chi connectivity index (χ0) is 18.9. The Bertz CT molecular complexity index is 684. The Balaban J connectivity index is 0.00000225. The second-order valence-electron chi connectivity index (χ2n) is 8.84. The molecule has 1 spiro atoms. The Morgan fingerprint density at radius 3 is 2.46 bits per heavy atom. The van der Waals surface area contributed by atoms with Crippen LogP contribution in [0.5, 0.6) is 0 Å². The molecule has 3 fully saturated rings. The van der Waals surface area contributed by atoms with E-state index in [-0.39, 0.29) is 23.7 Å². The van der Waals surface area contributed by atoms with Crippen LogP contribution in [0.3, 0.4) is 0 Å². The number of hydrogen-bond acceptors (Lipinski definition) is 3. The van der Waals surface area contributed by atoms with Gasteiger partial charge in [0.05, 0.1) is 6.04 Å². The molecule has 154 valence electrons. The van der Waals surface area contributed by atoms with Crippen molar-refractivity contribution >= 4 is 24.2 Å². The third kappa shape index (κ3) is 4.87. The summed E-state index contributed by atoms with van der Waals surface area (Å²) in [6.45, 7) is 3.38. The molecule has 2 amide bonds. The van der Waals surface area contributed by atoms with E-state index >= 15 is 0 Å². The van der Waals surface area contributed by atoms with Crippen LogP contribution in [0, 0.1) is 11.3 Å². The number of carbonyl (C=O) groups excluding carboxylic acids is 2. The molecule has 0 aromatic heterocycles. The largest absolute Gasteiger partial charge is 0.342 e. The lowest BCUT2D eigenvalue weighted by Gasteiger charge is -2.47. The van der Waals surface area contributed by atoms with E-state index in [2.05, 4.69) is 4.90 Å². The van der Waals surface area contributed by atoms with Crippen LogP contribution in [0.25, 0.3) is 0 Å². The molecule has 5 nitrogen and oxygen atoms in total. The van der Waals surface area contributed by atoms with E-state index in [1.165, 1.54) is 12.8 Å². The Kier molecular flexibility index (Phi) is 6.66. The number of halogens is 1. The number of carbonyl (C=O) groups is 2. The standard InChI is InChI=1S/C22H31N3O2.ClH/c23-19(14-17-4-2-1-3-5-17)21(27)24-12-10-22(11-13-24)9-8-20(26)25(16-22)15-18-6-7-18;/h1-5,18-19H,6-16,23H2;1H/t19-;/m1./s1. The lowest BCUT2D eigenvalue weighted by molar-refractivity contribution is -0.143. The predicted molar refractivity (Wildman–Crippen MR) is 112 cm³/mol. The highest BCUT2D eigenvalue weighted by atomic mass is 35.5. The number of rotatable bonds is 5. The molecule has 1 aromatic carbocycles. The summed E-state index contributed by atoms with van der Waals surface area (Å²) in [6.07, 6.45) is 6.78. The molecule has 2 saturated heterocycles. The molecular formula is C22H32ClN3O2. The van der Waals surface area contributed by atoms with Gasteiger partial charge in [0.2, 0.25) is 11.8 Å². The minimum atomic E-state index is -0.472. The van der Waals surface area contributed by atoms with Gasteiger partial charge >= 0.3 is 0 Å². The third-order valence-electron chi connectivity index (χ3n) is 6.68. The molecule has 1 aromatic rings. The van der Waals surface area contributed by atoms with E-state index in [4.69, 9.17) is 5.73 Å². The van der Waals surface area contributed by atoms with Crippen LogP contribution < -0.4 is 5.73 Å². The molecule has 2 N–H and O–H groups in total. The van der Waals surface area contributed by atoms with Crippen molar-refractivity contribution in [2.75, 3.05) is 26.2 Å². The summed E-state index contributed by atoms with van der Waals surface area (Å²) in [7, 11) is 0. The van der Waals surface area contributed by atoms with Crippen molar-refractivity contribution in [1.29, 1.82) is 0 Å². The quantitative estimate of drug-likeness (QED) is 0.818. The van der Waals surface area contributed by atoms with Gasteiger partial charge in [0.1, 0.15) is 0 Å². The number of likely N-dealkylation sites (tertiary alicyclic amines) is 2. The average Bonchev–Trinajstić information content (AvgIpc) is 3.50. The Morgan fingerprint density at radius 1 is 1.14 bits per heavy atom. The van der Waals surface area contributed by atoms with E-state index in [0.29, 0.717) is 18.7 Å². The summed E-state index contributed by atoms with van der Waals surface area (Å²) in [5.41, 5.74) is 7.52. The summed E-state index contributed by atoms with van der Waals surface area (Å²) in [5, 5.41) is 0. The smallest absolute Gasteiger partial charge is 0.239 e. The van der Waals surface area contributed by atoms with Gasteiger partial charge in [-0.1, -0.05) is 30.3 Å². The molecule has 28 heavy (non-hydrogen) atoms. The van der Waals surface area contributed by atoms with Crippen molar-refractivity contribution in [3.63, 3.8) is 0 Å². The number of amides is 2. The highest BCUT2D eigenvalue weighted by Crippen LogP contribution is 2.41. The maximum absolute atomic E-state index is 12.8. The van der Waals surface area contributed by atoms with Crippen molar-refractivity contribution in [1.82, 2.24) is 9.80 Å². The number of benzene rings is 1. The first kappa shape index (κ1) is 21.1. The van der Waals surface area contributed by atoms with E-state index in [9.17, 15) is 9.59 Å². The van der Waals surface area contributed by atoms with E-state index in [0.717, 1.165) is 56.9 Å². The lowest BCUT2D eigenvalue weighted by Crippen LogP contribution is -2.55. The predicted octanol–water partition coefficient (Wildman–Crippen LogP) is 2.62. The van der Waals surface area contributed by atoms with Gasteiger partial charge in [0.15, 0.2) is 0 Å². The van der Waals surface area contributed by atoms with Crippen molar-refractivity contribution in [2.45, 2.75) is 51.0 Å². The Hall–Kier alpha value is -1.59. The van der Waals surface area contributed by atoms with Gasteiger partial charge in [-0.15, -0.1) is 12.4 Å². The maximum atomic E-state index is 12.8. The molecule has 1 atom stereocenters. The van der Waals surface area contributed by atoms with Crippen LogP contribution in [0.4, 0.5) is 0 Å². The SMILES string of the molecule is Cl.N[C@H](Cc1ccccc1)C(=O)N1CCC2(CCC(=O)N(CC3CC3)C2)CC1. The molecule has 1 aliphatic carbocycles. The first-order chi connectivity index (χ1) is 13.0. The monoisotopic (exact) mass is 405 g/mol. The minimum absolute atomic E-state index is 0. The normalized spacial score (nSPS) is 22.7. The summed E-state index contributed by atoms with van der Waals surface area (Å²) in [6, 6.07) is 9.50. The molecular weight excluding hydrogens is 374 g/mol. The summed E-state index contributed by atoms with van der Waals surface area (Å²) < 4.78 is 0. The zero-order valence-corrected chi connectivity index (χ0v) is 17.3. The van der Waals surface area contributed by atoms with Crippen molar-refractivity contribution in [3.8, 4) is 0 Å². The Morgan fingerprint density at radius 2 is 1.82 bits per heavy atom. The Labute approximate surface area is 174 Å². The van der Waals surface area contributed by atoms with Gasteiger partial charge in [0.25, 0.3) is 0 Å². The second kappa shape index (κ2) is 8.83. The molecule has 0 bridgehead atoms. The molecule has 2 aliphatic heterocycles. The van der Waals surface area contributed by atoms with Gasteiger partial charge in [-0.05, 0) is 55.4 Å². The zero-order valence-electron chi connectivity index (χ0n) is 16.5. The fourth-order valence-electron chi connectivity index (χ4n) is 4.68. The summed E-state index contributed by atoms with van der Waals surface area (Å²) >= 11 is 0. The maximum Gasteiger partial charge on any atom is 0.239 e. The van der Waals surface area contributed by atoms with Crippen molar-refractivity contribution in [2.24, 2.45) is 17.1 Å². The lowest BCUT2D eigenvalue weighted by atomic mass is 9.72. The molecule has 0 unspecified atom stereocenters. The van der Waals surface area contributed by atoms with Crippen LogP contribution in [-0.2, 0) is 16.0 Å². The molecule has 2 heterocycles.